The number of amides is 1. The maximum Gasteiger partial charge on any atom is 0.258 e. The molecule has 1 N–H and O–H groups in total. The van der Waals surface area contributed by atoms with E-state index in [2.05, 4.69) is 43.9 Å². The number of piperidine rings is 1. The molecule has 4 rings (SSSR count). The van der Waals surface area contributed by atoms with Crippen LogP contribution < -0.4 is 5.32 Å². The second kappa shape index (κ2) is 6.60. The van der Waals surface area contributed by atoms with Gasteiger partial charge in [0.1, 0.15) is 0 Å². The molecular formula is C22H30N2O. The second-order valence-corrected chi connectivity index (χ2v) is 8.45. The molecule has 1 saturated heterocycles. The van der Waals surface area contributed by atoms with Crippen LogP contribution in [0.25, 0.3) is 0 Å². The summed E-state index contributed by atoms with van der Waals surface area (Å²) in [5.74, 6) is 2.99. The van der Waals surface area contributed by atoms with Gasteiger partial charge in [0.25, 0.3) is 5.91 Å². The quantitative estimate of drug-likeness (QED) is 0.905. The van der Waals surface area contributed by atoms with E-state index in [9.17, 15) is 4.79 Å². The highest BCUT2D eigenvalue weighted by Gasteiger charge is 2.41. The van der Waals surface area contributed by atoms with Gasteiger partial charge < -0.3 is 10.2 Å². The van der Waals surface area contributed by atoms with Gasteiger partial charge in [-0.3, -0.25) is 4.79 Å². The molecule has 0 bridgehead atoms. The lowest BCUT2D eigenvalue weighted by Gasteiger charge is -2.38. The predicted molar refractivity (Wildman–Crippen MR) is 102 cm³/mol. The van der Waals surface area contributed by atoms with Crippen LogP contribution in [-0.2, 0) is 6.42 Å². The molecule has 25 heavy (non-hydrogen) atoms. The van der Waals surface area contributed by atoms with Crippen molar-refractivity contribution in [3.63, 3.8) is 0 Å². The van der Waals surface area contributed by atoms with Crippen LogP contribution in [0.4, 0.5) is 0 Å². The summed E-state index contributed by atoms with van der Waals surface area (Å²) in [6, 6.07) is 7.34. The lowest BCUT2D eigenvalue weighted by molar-refractivity contribution is 0.0809. The molecule has 2 heterocycles. The van der Waals surface area contributed by atoms with Crippen LogP contribution in [0.1, 0.15) is 60.5 Å². The first-order valence-electron chi connectivity index (χ1n) is 9.88. The molecule has 1 aromatic carbocycles. The number of nitrogens with zero attached hydrogens (tertiary/aromatic N) is 1. The highest BCUT2D eigenvalue weighted by molar-refractivity contribution is 5.97. The summed E-state index contributed by atoms with van der Waals surface area (Å²) >= 11 is 0. The van der Waals surface area contributed by atoms with Gasteiger partial charge in [0.05, 0.1) is 0 Å². The van der Waals surface area contributed by atoms with Crippen molar-refractivity contribution in [2.45, 2.75) is 51.5 Å². The zero-order valence-electron chi connectivity index (χ0n) is 15.5. The van der Waals surface area contributed by atoms with E-state index in [1.54, 1.807) is 11.1 Å². The third kappa shape index (κ3) is 2.93. The maximum atomic E-state index is 12.7. The molecule has 0 spiro atoms. The van der Waals surface area contributed by atoms with Gasteiger partial charge in [0.15, 0.2) is 0 Å². The smallest absolute Gasteiger partial charge is 0.258 e. The maximum absolute atomic E-state index is 12.7. The van der Waals surface area contributed by atoms with Gasteiger partial charge in [-0.25, -0.2) is 0 Å². The molecule has 0 aromatic heterocycles. The first kappa shape index (κ1) is 16.8. The van der Waals surface area contributed by atoms with E-state index < -0.39 is 0 Å². The summed E-state index contributed by atoms with van der Waals surface area (Å²) < 4.78 is 0. The third-order valence-corrected chi connectivity index (χ3v) is 6.84. The van der Waals surface area contributed by atoms with Crippen LogP contribution in [0.2, 0.25) is 0 Å². The molecule has 3 aliphatic rings. The number of carbonyl (C=O) groups excluding carboxylic acids is 1. The van der Waals surface area contributed by atoms with Gasteiger partial charge in [-0.05, 0) is 79.3 Å². The van der Waals surface area contributed by atoms with Gasteiger partial charge in [0, 0.05) is 18.2 Å². The minimum absolute atomic E-state index is 0.123. The Balaban J connectivity index is 1.61. The molecule has 2 aliphatic heterocycles. The Morgan fingerprint density at radius 2 is 2.16 bits per heavy atom. The van der Waals surface area contributed by atoms with E-state index in [1.165, 1.54) is 30.4 Å². The largest absolute Gasteiger partial charge is 0.315 e. The van der Waals surface area contributed by atoms with Crippen LogP contribution in [0.15, 0.2) is 31.0 Å². The second-order valence-electron chi connectivity index (χ2n) is 8.45. The van der Waals surface area contributed by atoms with Crippen molar-refractivity contribution >= 4 is 5.91 Å². The molecule has 0 radical (unpaired) electrons. The van der Waals surface area contributed by atoms with E-state index in [-0.39, 0.29) is 5.91 Å². The van der Waals surface area contributed by atoms with Crippen molar-refractivity contribution in [3.05, 3.63) is 47.7 Å². The highest BCUT2D eigenvalue weighted by Crippen LogP contribution is 2.48. The molecule has 3 heteroatoms. The van der Waals surface area contributed by atoms with Crippen molar-refractivity contribution in [2.75, 3.05) is 13.1 Å². The Hall–Kier alpha value is -1.61. The minimum atomic E-state index is 0.123. The van der Waals surface area contributed by atoms with Crippen molar-refractivity contribution in [1.82, 2.24) is 10.2 Å². The van der Waals surface area contributed by atoms with Crippen molar-refractivity contribution in [3.8, 4) is 0 Å². The molecule has 4 atom stereocenters. The summed E-state index contributed by atoms with van der Waals surface area (Å²) in [5, 5.41) is 3.76. The molecule has 1 aliphatic carbocycles. The fourth-order valence-corrected chi connectivity index (χ4v) is 5.27. The summed E-state index contributed by atoms with van der Waals surface area (Å²) in [6.07, 6.45) is 6.46. The molecule has 2 fully saturated rings. The number of hydrogen-bond acceptors (Lipinski definition) is 2. The molecule has 1 aromatic rings. The Labute approximate surface area is 151 Å². The van der Waals surface area contributed by atoms with E-state index in [4.69, 9.17) is 0 Å². The summed E-state index contributed by atoms with van der Waals surface area (Å²) in [4.78, 5) is 14.4. The van der Waals surface area contributed by atoms with Crippen molar-refractivity contribution in [1.29, 1.82) is 0 Å². The normalized spacial score (nSPS) is 31.8. The molecule has 134 valence electrons. The summed E-state index contributed by atoms with van der Waals surface area (Å²) in [5.41, 5.74) is 3.49. The first-order valence-corrected chi connectivity index (χ1v) is 9.88. The Kier molecular flexibility index (Phi) is 4.45. The average molecular weight is 338 g/mol. The van der Waals surface area contributed by atoms with Gasteiger partial charge >= 0.3 is 0 Å². The predicted octanol–water partition coefficient (Wildman–Crippen LogP) is 3.96. The molecule has 3 nitrogen and oxygen atoms in total. The van der Waals surface area contributed by atoms with Crippen LogP contribution in [0, 0.1) is 17.8 Å². The van der Waals surface area contributed by atoms with Crippen LogP contribution in [-0.4, -0.2) is 29.9 Å². The number of rotatable bonds is 3. The summed E-state index contributed by atoms with van der Waals surface area (Å²) in [7, 11) is 0. The Bertz CT molecular complexity index is 681. The zero-order chi connectivity index (χ0) is 17.6. The Morgan fingerprint density at radius 3 is 2.92 bits per heavy atom. The fourth-order valence-electron chi connectivity index (χ4n) is 5.27. The monoisotopic (exact) mass is 338 g/mol. The van der Waals surface area contributed by atoms with Gasteiger partial charge in [-0.2, -0.15) is 0 Å². The van der Waals surface area contributed by atoms with Crippen LogP contribution in [0.3, 0.4) is 0 Å². The molecule has 4 unspecified atom stereocenters. The zero-order valence-corrected chi connectivity index (χ0v) is 15.5. The number of fused-ring (bicyclic) bond motifs is 2. The van der Waals surface area contributed by atoms with Gasteiger partial charge in [-0.15, -0.1) is 0 Å². The topological polar surface area (TPSA) is 32.3 Å². The van der Waals surface area contributed by atoms with E-state index in [0.717, 1.165) is 36.9 Å². The third-order valence-electron chi connectivity index (χ3n) is 6.84. The lowest BCUT2D eigenvalue weighted by atomic mass is 9.75. The minimum Gasteiger partial charge on any atom is -0.315 e. The van der Waals surface area contributed by atoms with Gasteiger partial charge in [-0.1, -0.05) is 32.6 Å². The number of benzene rings is 1. The first-order chi connectivity index (χ1) is 12.1. The number of nitrogens with one attached hydrogen (secondary N) is 1. The average Bonchev–Trinajstić information content (AvgIpc) is 3.05. The summed E-state index contributed by atoms with van der Waals surface area (Å²) in [6.45, 7) is 10.3. The van der Waals surface area contributed by atoms with Crippen molar-refractivity contribution < 1.29 is 4.79 Å². The standard InChI is InChI=1S/C22H30N2O/c1-4-24-10-9-15-5-6-16(11-20(15)22(24)25)18-8-7-17-13-23-21(14(2)3)12-19(17)18/h4-6,11,14,17-19,21,23H,1,7-10,12-13H2,2-3H3. The van der Waals surface area contributed by atoms with E-state index in [1.807, 2.05) is 0 Å². The lowest BCUT2D eigenvalue weighted by Crippen LogP contribution is -2.45. The van der Waals surface area contributed by atoms with E-state index in [0.29, 0.717) is 17.9 Å². The number of carbonyl (C=O) groups is 1. The SMILES string of the molecule is C=CN1CCc2ccc(C3CCC4CNC(C(C)C)CC43)cc2C1=O. The van der Waals surface area contributed by atoms with E-state index >= 15 is 0 Å². The molecular weight excluding hydrogens is 308 g/mol. The van der Waals surface area contributed by atoms with Crippen molar-refractivity contribution in [2.24, 2.45) is 17.8 Å². The van der Waals surface area contributed by atoms with Crippen LogP contribution in [0.5, 0.6) is 0 Å². The number of hydrogen-bond donors (Lipinski definition) is 1. The molecule has 1 saturated carbocycles. The van der Waals surface area contributed by atoms with Crippen LogP contribution >= 0.6 is 0 Å². The van der Waals surface area contributed by atoms with Gasteiger partial charge in [0.2, 0.25) is 0 Å². The highest BCUT2D eigenvalue weighted by atomic mass is 16.2. The molecule has 1 amide bonds. The Morgan fingerprint density at radius 1 is 1.32 bits per heavy atom. The fraction of sp³-hybridized carbons (Fsp3) is 0.591.